The third-order valence-corrected chi connectivity index (χ3v) is 8.16. The van der Waals surface area contributed by atoms with Gasteiger partial charge in [-0.15, -0.1) is 0 Å². The molecule has 208 valence electrons. The van der Waals surface area contributed by atoms with Crippen LogP contribution in [0.5, 0.6) is 5.75 Å². The molecule has 38 heavy (non-hydrogen) atoms. The molecule has 1 aromatic heterocycles. The number of aromatic nitrogens is 2. The van der Waals surface area contributed by atoms with Crippen molar-refractivity contribution in [2.45, 2.75) is 68.3 Å². The van der Waals surface area contributed by atoms with Crippen molar-refractivity contribution in [2.75, 3.05) is 16.2 Å². The molecule has 1 saturated carbocycles. The van der Waals surface area contributed by atoms with Crippen LogP contribution in [0.3, 0.4) is 0 Å². The van der Waals surface area contributed by atoms with Gasteiger partial charge in [-0.3, -0.25) is 19.1 Å². The lowest BCUT2D eigenvalue weighted by Gasteiger charge is -2.35. The first-order chi connectivity index (χ1) is 17.6. The monoisotopic (exact) mass is 580 g/mol. The molecule has 0 bridgehead atoms. The summed E-state index contributed by atoms with van der Waals surface area (Å²) in [6, 6.07) is 3.83. The lowest BCUT2D eigenvalue weighted by molar-refractivity contribution is -0.242. The standard InChI is InChI=1S/C22H24ClF3N4O7S/c1-21(2,22(24,25)26)37-20(33)27-12-3-7-16-15(9-12)30(10-14(36-16)6-8-18(31)32)38(34,35)17-11-29(13-4-5-13)28-19(17)23/h3,7,9,11,13-14H,4-6,8,10H2,1-2H3,(H,27,33)(H,31,32)/t14-/m0/s1. The molecule has 16 heteroatoms. The SMILES string of the molecule is CC(C)(OC(=O)Nc1ccc2c(c1)N(S(=O)(=O)c1cn(C3CC3)nc1Cl)C[C@H](CCC(=O)O)O2)C(F)(F)F. The molecule has 0 spiro atoms. The predicted molar refractivity (Wildman–Crippen MR) is 128 cm³/mol. The van der Waals surface area contributed by atoms with E-state index in [0.29, 0.717) is 13.8 Å². The van der Waals surface area contributed by atoms with E-state index in [1.165, 1.54) is 29.1 Å². The van der Waals surface area contributed by atoms with Crippen molar-refractivity contribution in [1.82, 2.24) is 9.78 Å². The number of carboxylic acids is 1. The van der Waals surface area contributed by atoms with Gasteiger partial charge in [0, 0.05) is 18.3 Å². The van der Waals surface area contributed by atoms with E-state index in [2.05, 4.69) is 15.2 Å². The van der Waals surface area contributed by atoms with Gasteiger partial charge < -0.3 is 14.6 Å². The summed E-state index contributed by atoms with van der Waals surface area (Å²) in [5.41, 5.74) is -2.89. The van der Waals surface area contributed by atoms with E-state index < -0.39 is 40.0 Å². The maximum absolute atomic E-state index is 13.7. The number of halogens is 4. The largest absolute Gasteiger partial charge is 0.486 e. The first kappa shape index (κ1) is 27.8. The van der Waals surface area contributed by atoms with Crippen molar-refractivity contribution in [3.63, 3.8) is 0 Å². The van der Waals surface area contributed by atoms with Crippen LogP contribution in [0.15, 0.2) is 29.3 Å². The minimum Gasteiger partial charge on any atom is -0.486 e. The summed E-state index contributed by atoms with van der Waals surface area (Å²) in [6.45, 7) is 1.08. The zero-order valence-electron chi connectivity index (χ0n) is 20.2. The van der Waals surface area contributed by atoms with E-state index in [1.54, 1.807) is 0 Å². The van der Waals surface area contributed by atoms with Crippen molar-refractivity contribution in [3.8, 4) is 5.75 Å². The number of aliphatic carboxylic acids is 1. The van der Waals surface area contributed by atoms with Crippen LogP contribution in [0, 0.1) is 0 Å². The number of amides is 1. The van der Waals surface area contributed by atoms with Gasteiger partial charge in [-0.05, 0) is 51.3 Å². The van der Waals surface area contributed by atoms with Crippen LogP contribution in [0.1, 0.15) is 45.6 Å². The molecule has 1 aromatic carbocycles. The van der Waals surface area contributed by atoms with Gasteiger partial charge in [-0.25, -0.2) is 13.2 Å². The molecule has 2 aliphatic rings. The maximum Gasteiger partial charge on any atom is 0.427 e. The van der Waals surface area contributed by atoms with Gasteiger partial charge in [-0.1, -0.05) is 11.6 Å². The summed E-state index contributed by atoms with van der Waals surface area (Å²) in [7, 11) is -4.36. The molecule has 0 radical (unpaired) electrons. The van der Waals surface area contributed by atoms with Crippen LogP contribution in [0.4, 0.5) is 29.3 Å². The Bertz CT molecular complexity index is 1360. The molecule has 1 aliphatic carbocycles. The van der Waals surface area contributed by atoms with Gasteiger partial charge >= 0.3 is 18.2 Å². The van der Waals surface area contributed by atoms with E-state index in [-0.39, 0.29) is 52.6 Å². The second-order valence-electron chi connectivity index (χ2n) is 9.41. The predicted octanol–water partition coefficient (Wildman–Crippen LogP) is 4.58. The van der Waals surface area contributed by atoms with Crippen LogP contribution in [0.2, 0.25) is 5.15 Å². The van der Waals surface area contributed by atoms with E-state index in [4.69, 9.17) is 21.4 Å². The minimum absolute atomic E-state index is 0.00524. The molecule has 1 atom stereocenters. The van der Waals surface area contributed by atoms with E-state index in [0.717, 1.165) is 17.1 Å². The third-order valence-electron chi connectivity index (χ3n) is 5.99. The molecule has 11 nitrogen and oxygen atoms in total. The number of carboxylic acid groups (broad SMARTS) is 1. The highest BCUT2D eigenvalue weighted by Gasteiger charge is 2.51. The zero-order chi connectivity index (χ0) is 28.0. The molecular formula is C22H24ClF3N4O7S. The topological polar surface area (TPSA) is 140 Å². The summed E-state index contributed by atoms with van der Waals surface area (Å²) in [5, 5.41) is 15.0. The lowest BCUT2D eigenvalue weighted by atomic mass is 10.1. The number of ether oxygens (including phenoxy) is 2. The molecule has 1 fully saturated rings. The number of hydrogen-bond acceptors (Lipinski definition) is 7. The van der Waals surface area contributed by atoms with E-state index >= 15 is 0 Å². The Morgan fingerprint density at radius 2 is 1.97 bits per heavy atom. The Morgan fingerprint density at radius 1 is 1.29 bits per heavy atom. The Hall–Kier alpha value is -3.20. The summed E-state index contributed by atoms with van der Waals surface area (Å²) in [6.07, 6.45) is -4.39. The molecule has 1 amide bonds. The molecule has 1 aliphatic heterocycles. The Labute approximate surface area is 220 Å². The van der Waals surface area contributed by atoms with Crippen molar-refractivity contribution in [1.29, 1.82) is 0 Å². The van der Waals surface area contributed by atoms with Gasteiger partial charge in [0.2, 0.25) is 5.60 Å². The van der Waals surface area contributed by atoms with Crippen LogP contribution < -0.4 is 14.4 Å². The fourth-order valence-electron chi connectivity index (χ4n) is 3.66. The van der Waals surface area contributed by atoms with Crippen LogP contribution in [0.25, 0.3) is 0 Å². The molecule has 2 heterocycles. The number of alkyl halides is 3. The van der Waals surface area contributed by atoms with Crippen molar-refractivity contribution in [2.24, 2.45) is 0 Å². The number of hydrogen-bond donors (Lipinski definition) is 2. The second kappa shape index (κ2) is 9.84. The smallest absolute Gasteiger partial charge is 0.427 e. The number of carbonyl (C=O) groups is 2. The number of benzene rings is 1. The summed E-state index contributed by atoms with van der Waals surface area (Å²) in [5.74, 6) is -1.04. The van der Waals surface area contributed by atoms with Crippen molar-refractivity contribution in [3.05, 3.63) is 29.5 Å². The molecular weight excluding hydrogens is 557 g/mol. The summed E-state index contributed by atoms with van der Waals surface area (Å²) >= 11 is 6.17. The average Bonchev–Trinajstić information content (AvgIpc) is 3.57. The van der Waals surface area contributed by atoms with Crippen LogP contribution >= 0.6 is 11.6 Å². The summed E-state index contributed by atoms with van der Waals surface area (Å²) in [4.78, 5) is 23.0. The van der Waals surface area contributed by atoms with Crippen molar-refractivity contribution < 1.29 is 45.8 Å². The number of carbonyl (C=O) groups excluding carboxylic acids is 1. The fraction of sp³-hybridized carbons (Fsp3) is 0.500. The minimum atomic E-state index is -4.83. The number of rotatable bonds is 8. The fourth-order valence-corrected chi connectivity index (χ4v) is 5.58. The van der Waals surface area contributed by atoms with E-state index in [9.17, 15) is 31.2 Å². The Morgan fingerprint density at radius 3 is 2.58 bits per heavy atom. The van der Waals surface area contributed by atoms with Gasteiger partial charge in [-0.2, -0.15) is 18.3 Å². The average molecular weight is 581 g/mol. The molecule has 0 saturated heterocycles. The molecule has 2 N–H and O–H groups in total. The maximum atomic E-state index is 13.7. The number of fused-ring (bicyclic) bond motifs is 1. The normalized spacial score (nSPS) is 17.9. The van der Waals surface area contributed by atoms with Crippen LogP contribution in [-0.4, -0.2) is 59.8 Å². The molecule has 4 rings (SSSR count). The quantitative estimate of drug-likeness (QED) is 0.462. The molecule has 0 unspecified atom stereocenters. The number of anilines is 2. The number of sulfonamides is 1. The van der Waals surface area contributed by atoms with Gasteiger partial charge in [0.15, 0.2) is 5.15 Å². The first-order valence-electron chi connectivity index (χ1n) is 11.4. The Kier molecular flexibility index (Phi) is 7.20. The first-order valence-corrected chi connectivity index (χ1v) is 13.3. The number of nitrogens with zero attached hydrogens (tertiary/aromatic N) is 3. The van der Waals surface area contributed by atoms with Gasteiger partial charge in [0.25, 0.3) is 10.0 Å². The Balaban J connectivity index is 1.66. The highest BCUT2D eigenvalue weighted by Crippen LogP contribution is 2.42. The van der Waals surface area contributed by atoms with Gasteiger partial charge in [0.1, 0.15) is 16.7 Å². The highest BCUT2D eigenvalue weighted by molar-refractivity contribution is 7.93. The number of nitrogens with one attached hydrogen (secondary N) is 1. The van der Waals surface area contributed by atoms with Crippen molar-refractivity contribution >= 4 is 45.1 Å². The van der Waals surface area contributed by atoms with Crippen LogP contribution in [-0.2, 0) is 19.6 Å². The molecule has 2 aromatic rings. The zero-order valence-corrected chi connectivity index (χ0v) is 21.7. The highest BCUT2D eigenvalue weighted by atomic mass is 35.5. The third kappa shape index (κ3) is 5.77. The van der Waals surface area contributed by atoms with E-state index in [1.807, 2.05) is 0 Å². The lowest BCUT2D eigenvalue weighted by Crippen LogP contribution is -2.44. The second-order valence-corrected chi connectivity index (χ2v) is 11.6. The van der Waals surface area contributed by atoms with Gasteiger partial charge in [0.05, 0.1) is 18.3 Å². The summed E-state index contributed by atoms with van der Waals surface area (Å²) < 4.78 is 79.4.